The summed E-state index contributed by atoms with van der Waals surface area (Å²) in [5.41, 5.74) is 2.11. The van der Waals surface area contributed by atoms with Crippen LogP contribution in [0.1, 0.15) is 43.9 Å². The fourth-order valence-corrected chi connectivity index (χ4v) is 2.36. The molecule has 0 saturated heterocycles. The van der Waals surface area contributed by atoms with E-state index in [1.54, 1.807) is 0 Å². The SMILES string of the molecule is CC(C)CCNC(=O)COc1ccc2c(c1)CCC2O. The largest absolute Gasteiger partial charge is 0.484 e. The molecule has 0 saturated carbocycles. The zero-order valence-electron chi connectivity index (χ0n) is 12.2. The number of nitrogens with one attached hydrogen (secondary N) is 1. The van der Waals surface area contributed by atoms with Gasteiger partial charge in [0.15, 0.2) is 6.61 Å². The quantitative estimate of drug-likeness (QED) is 0.838. The molecule has 2 rings (SSSR count). The zero-order chi connectivity index (χ0) is 14.5. The van der Waals surface area contributed by atoms with Crippen LogP contribution in [0.5, 0.6) is 5.75 Å². The van der Waals surface area contributed by atoms with Crippen LogP contribution in [0.15, 0.2) is 18.2 Å². The van der Waals surface area contributed by atoms with E-state index in [-0.39, 0.29) is 18.6 Å². The van der Waals surface area contributed by atoms with Gasteiger partial charge in [-0.05, 0) is 48.4 Å². The van der Waals surface area contributed by atoms with Crippen LogP contribution in [0.2, 0.25) is 0 Å². The summed E-state index contributed by atoms with van der Waals surface area (Å²) in [5, 5.41) is 12.6. The average Bonchev–Trinajstić information content (AvgIpc) is 2.77. The Hall–Kier alpha value is -1.55. The van der Waals surface area contributed by atoms with E-state index in [1.165, 1.54) is 0 Å². The van der Waals surface area contributed by atoms with Crippen molar-refractivity contribution in [3.05, 3.63) is 29.3 Å². The van der Waals surface area contributed by atoms with E-state index in [0.29, 0.717) is 18.2 Å². The Morgan fingerprint density at radius 3 is 3.05 bits per heavy atom. The first-order chi connectivity index (χ1) is 9.56. The average molecular weight is 277 g/mol. The van der Waals surface area contributed by atoms with Crippen molar-refractivity contribution in [1.29, 1.82) is 0 Å². The summed E-state index contributed by atoms with van der Waals surface area (Å²) in [4.78, 5) is 11.6. The van der Waals surface area contributed by atoms with Crippen LogP contribution < -0.4 is 10.1 Å². The van der Waals surface area contributed by atoms with Crippen LogP contribution in [0.3, 0.4) is 0 Å². The normalized spacial score (nSPS) is 17.1. The monoisotopic (exact) mass is 277 g/mol. The number of hydrogen-bond donors (Lipinski definition) is 2. The number of aryl methyl sites for hydroxylation is 1. The van der Waals surface area contributed by atoms with Crippen LogP contribution in [-0.2, 0) is 11.2 Å². The first-order valence-corrected chi connectivity index (χ1v) is 7.26. The molecule has 1 aromatic rings. The number of aliphatic hydroxyl groups is 1. The molecule has 1 aliphatic carbocycles. The Balaban J connectivity index is 1.78. The van der Waals surface area contributed by atoms with Crippen molar-refractivity contribution in [1.82, 2.24) is 5.32 Å². The van der Waals surface area contributed by atoms with Gasteiger partial charge in [0.25, 0.3) is 5.91 Å². The minimum absolute atomic E-state index is 0.0411. The Bertz CT molecular complexity index is 471. The van der Waals surface area contributed by atoms with Crippen molar-refractivity contribution in [3.8, 4) is 5.75 Å². The van der Waals surface area contributed by atoms with Crippen LogP contribution in [0.25, 0.3) is 0 Å². The van der Waals surface area contributed by atoms with Gasteiger partial charge in [0.1, 0.15) is 5.75 Å². The van der Waals surface area contributed by atoms with Crippen molar-refractivity contribution >= 4 is 5.91 Å². The second-order valence-electron chi connectivity index (χ2n) is 5.74. The minimum atomic E-state index is -0.349. The lowest BCUT2D eigenvalue weighted by molar-refractivity contribution is -0.123. The molecule has 0 heterocycles. The van der Waals surface area contributed by atoms with E-state index in [0.717, 1.165) is 30.4 Å². The third kappa shape index (κ3) is 3.97. The number of aliphatic hydroxyl groups excluding tert-OH is 1. The molecule has 110 valence electrons. The molecule has 0 spiro atoms. The summed E-state index contributed by atoms with van der Waals surface area (Å²) >= 11 is 0. The first kappa shape index (κ1) is 14.9. The second kappa shape index (κ2) is 6.75. The van der Waals surface area contributed by atoms with E-state index in [9.17, 15) is 9.90 Å². The predicted molar refractivity (Wildman–Crippen MR) is 77.7 cm³/mol. The molecular weight excluding hydrogens is 254 g/mol. The van der Waals surface area contributed by atoms with Crippen molar-refractivity contribution in [3.63, 3.8) is 0 Å². The summed E-state index contributed by atoms with van der Waals surface area (Å²) in [6.07, 6.45) is 2.27. The van der Waals surface area contributed by atoms with Gasteiger partial charge in [-0.2, -0.15) is 0 Å². The van der Waals surface area contributed by atoms with Gasteiger partial charge in [-0.25, -0.2) is 0 Å². The third-order valence-electron chi connectivity index (χ3n) is 3.57. The lowest BCUT2D eigenvalue weighted by Crippen LogP contribution is -2.30. The summed E-state index contributed by atoms with van der Waals surface area (Å²) < 4.78 is 5.49. The van der Waals surface area contributed by atoms with Gasteiger partial charge < -0.3 is 15.2 Å². The molecule has 20 heavy (non-hydrogen) atoms. The molecule has 1 unspecified atom stereocenters. The number of carbonyl (C=O) groups excluding carboxylic acids is 1. The summed E-state index contributed by atoms with van der Waals surface area (Å²) in [6.45, 7) is 4.99. The molecule has 2 N–H and O–H groups in total. The van der Waals surface area contributed by atoms with E-state index < -0.39 is 0 Å². The molecule has 1 amide bonds. The maximum Gasteiger partial charge on any atom is 0.257 e. The van der Waals surface area contributed by atoms with Gasteiger partial charge in [-0.1, -0.05) is 19.9 Å². The van der Waals surface area contributed by atoms with Crippen molar-refractivity contribution in [2.75, 3.05) is 13.2 Å². The second-order valence-corrected chi connectivity index (χ2v) is 5.74. The lowest BCUT2D eigenvalue weighted by atomic mass is 10.1. The first-order valence-electron chi connectivity index (χ1n) is 7.26. The third-order valence-corrected chi connectivity index (χ3v) is 3.57. The number of ether oxygens (including phenoxy) is 1. The number of hydrogen-bond acceptors (Lipinski definition) is 3. The molecule has 0 bridgehead atoms. The Labute approximate surface area is 120 Å². The maximum atomic E-state index is 11.6. The maximum absolute atomic E-state index is 11.6. The number of fused-ring (bicyclic) bond motifs is 1. The molecule has 0 aliphatic heterocycles. The van der Waals surface area contributed by atoms with Crippen LogP contribution in [0, 0.1) is 5.92 Å². The topological polar surface area (TPSA) is 58.6 Å². The van der Waals surface area contributed by atoms with Crippen LogP contribution in [-0.4, -0.2) is 24.2 Å². The Kier molecular flexibility index (Phi) is 5.01. The minimum Gasteiger partial charge on any atom is -0.484 e. The van der Waals surface area contributed by atoms with Gasteiger partial charge >= 0.3 is 0 Å². The van der Waals surface area contributed by atoms with Crippen molar-refractivity contribution in [2.24, 2.45) is 5.92 Å². The van der Waals surface area contributed by atoms with E-state index in [2.05, 4.69) is 19.2 Å². The Morgan fingerprint density at radius 2 is 2.30 bits per heavy atom. The number of amides is 1. The van der Waals surface area contributed by atoms with Gasteiger partial charge in [-0.15, -0.1) is 0 Å². The summed E-state index contributed by atoms with van der Waals surface area (Å²) in [5.74, 6) is 1.18. The van der Waals surface area contributed by atoms with Gasteiger partial charge in [0.05, 0.1) is 6.10 Å². The molecule has 4 nitrogen and oxygen atoms in total. The predicted octanol–water partition coefficient (Wildman–Crippen LogP) is 2.21. The van der Waals surface area contributed by atoms with Crippen LogP contribution >= 0.6 is 0 Å². The van der Waals surface area contributed by atoms with Crippen molar-refractivity contribution in [2.45, 2.75) is 39.2 Å². The fraction of sp³-hybridized carbons (Fsp3) is 0.562. The zero-order valence-corrected chi connectivity index (χ0v) is 12.2. The highest BCUT2D eigenvalue weighted by Gasteiger charge is 2.20. The standard InChI is InChI=1S/C16H23NO3/c1-11(2)7-8-17-16(19)10-20-13-4-5-14-12(9-13)3-6-15(14)18/h4-5,9,11,15,18H,3,6-8,10H2,1-2H3,(H,17,19). The fourth-order valence-electron chi connectivity index (χ4n) is 2.36. The molecule has 4 heteroatoms. The molecule has 0 fully saturated rings. The van der Waals surface area contributed by atoms with Gasteiger partial charge in [0.2, 0.25) is 0 Å². The number of rotatable bonds is 6. The lowest BCUT2D eigenvalue weighted by Gasteiger charge is -2.10. The number of benzene rings is 1. The summed E-state index contributed by atoms with van der Waals surface area (Å²) in [6, 6.07) is 5.63. The molecule has 0 radical (unpaired) electrons. The molecular formula is C16H23NO3. The Morgan fingerprint density at radius 1 is 1.50 bits per heavy atom. The smallest absolute Gasteiger partial charge is 0.257 e. The van der Waals surface area contributed by atoms with Crippen LogP contribution in [0.4, 0.5) is 0 Å². The molecule has 1 aromatic carbocycles. The number of carbonyl (C=O) groups is 1. The van der Waals surface area contributed by atoms with E-state index in [1.807, 2.05) is 18.2 Å². The summed E-state index contributed by atoms with van der Waals surface area (Å²) in [7, 11) is 0. The van der Waals surface area contributed by atoms with E-state index >= 15 is 0 Å². The molecule has 1 atom stereocenters. The highest BCUT2D eigenvalue weighted by molar-refractivity contribution is 5.77. The highest BCUT2D eigenvalue weighted by Crippen LogP contribution is 2.33. The van der Waals surface area contributed by atoms with Crippen molar-refractivity contribution < 1.29 is 14.6 Å². The molecule has 0 aromatic heterocycles. The van der Waals surface area contributed by atoms with E-state index in [4.69, 9.17) is 4.74 Å². The molecule has 1 aliphatic rings. The van der Waals surface area contributed by atoms with Gasteiger partial charge in [-0.3, -0.25) is 4.79 Å². The highest BCUT2D eigenvalue weighted by atomic mass is 16.5. The van der Waals surface area contributed by atoms with Gasteiger partial charge in [0, 0.05) is 6.54 Å².